The summed E-state index contributed by atoms with van der Waals surface area (Å²) in [5.74, 6) is -0.606. The molecular weight excluding hydrogens is 1130 g/mol. The standard InChI is InChI=1S/C40H47NO11.C11H15NO2.C11H14O.C2H4O.C2H6.CH3NO.CH2O/c1-7-39(44)51-22-32-18-35(25-50-38-14-10-31(11-15-38)17-34(21-47-6)24-49-29(4)43)27(2)36(19-32)26-52-40(45)41-37-12-8-30(9-13-37)16-33(20-46-5)23-48-28(3)42;1-3-11(13)14-8-9-4-6-10(12-2)7-5-9;1-9-3-5-11(6-4-9)7-10(2)8-12;1-2-3;1-2;2-1-3;1-2/h8-19H,7,20-26H2,1-6H3,(H,41,45);4-7,12H,3,8H2,1-2H3;3-7,12H,8H2,1-2H3;2H,1H3;1-2H3;1H,(H2,2,3);1H2/b33-16-,34-17-;;10-7-;;;;. The minimum atomic E-state index is -0.645. The number of nitrogens with one attached hydrogen (secondary N) is 2. The lowest BCUT2D eigenvalue weighted by Crippen LogP contribution is -2.14. The zero-order valence-corrected chi connectivity index (χ0v) is 53.3. The van der Waals surface area contributed by atoms with Crippen LogP contribution in [0, 0.1) is 13.8 Å². The van der Waals surface area contributed by atoms with E-state index in [1.807, 2.05) is 133 Å². The van der Waals surface area contributed by atoms with Gasteiger partial charge in [0.05, 0.1) is 19.8 Å². The predicted octanol–water partition coefficient (Wildman–Crippen LogP) is 11.7. The summed E-state index contributed by atoms with van der Waals surface area (Å²) in [7, 11) is 5.00. The number of amides is 2. The van der Waals surface area contributed by atoms with Crippen molar-refractivity contribution in [3.05, 3.63) is 176 Å². The third-order valence-electron chi connectivity index (χ3n) is 11.2. The van der Waals surface area contributed by atoms with Crippen LogP contribution in [0.4, 0.5) is 16.2 Å². The number of carbonyl (C=O) groups excluding carboxylic acids is 8. The van der Waals surface area contributed by atoms with Crippen LogP contribution >= 0.6 is 0 Å². The first-order valence-corrected chi connectivity index (χ1v) is 28.1. The van der Waals surface area contributed by atoms with E-state index in [1.54, 1.807) is 40.2 Å². The van der Waals surface area contributed by atoms with Crippen LogP contribution in [0.3, 0.4) is 0 Å². The number of aliphatic hydroxyl groups is 1. The van der Waals surface area contributed by atoms with Crippen LogP contribution in [0.2, 0.25) is 0 Å². The molecule has 0 saturated carbocycles. The molecule has 0 heterocycles. The Labute approximate surface area is 519 Å². The molecule has 2 amide bonds. The van der Waals surface area contributed by atoms with E-state index in [2.05, 4.69) is 47.6 Å². The summed E-state index contributed by atoms with van der Waals surface area (Å²) in [4.78, 5) is 83.4. The van der Waals surface area contributed by atoms with E-state index in [0.29, 0.717) is 37.7 Å². The Kier molecular flexibility index (Phi) is 46.9. The maximum absolute atomic E-state index is 12.8. The molecule has 0 bridgehead atoms. The molecular formula is C68H91N3O17. The largest absolute Gasteiger partial charge is 0.489 e. The van der Waals surface area contributed by atoms with Crippen molar-refractivity contribution in [1.82, 2.24) is 0 Å². The van der Waals surface area contributed by atoms with Gasteiger partial charge in [0, 0.05) is 59.3 Å². The molecule has 20 heteroatoms. The number of hydrogen-bond acceptors (Lipinski definition) is 18. The Bertz CT molecular complexity index is 2880. The summed E-state index contributed by atoms with van der Waals surface area (Å²) < 4.78 is 42.7. The highest BCUT2D eigenvalue weighted by Gasteiger charge is 2.14. The van der Waals surface area contributed by atoms with Gasteiger partial charge in [0.25, 0.3) is 0 Å². The van der Waals surface area contributed by atoms with Gasteiger partial charge in [0.1, 0.15) is 58.5 Å². The van der Waals surface area contributed by atoms with Crippen molar-refractivity contribution >= 4 is 79.1 Å². The molecule has 0 fully saturated rings. The third-order valence-corrected chi connectivity index (χ3v) is 11.2. The highest BCUT2D eigenvalue weighted by Crippen LogP contribution is 2.24. The molecule has 0 aliphatic carbocycles. The van der Waals surface area contributed by atoms with E-state index in [1.165, 1.54) is 26.3 Å². The van der Waals surface area contributed by atoms with Gasteiger partial charge in [0.2, 0.25) is 6.41 Å². The van der Waals surface area contributed by atoms with Gasteiger partial charge in [-0.25, -0.2) is 4.79 Å². The number of primary amides is 1. The first-order valence-electron chi connectivity index (χ1n) is 28.1. The van der Waals surface area contributed by atoms with Gasteiger partial charge in [-0.2, -0.15) is 0 Å². The molecule has 5 N–H and O–H groups in total. The van der Waals surface area contributed by atoms with Crippen molar-refractivity contribution in [2.24, 2.45) is 5.73 Å². The minimum Gasteiger partial charge on any atom is -0.489 e. The van der Waals surface area contributed by atoms with Gasteiger partial charge >= 0.3 is 30.0 Å². The molecule has 0 aromatic heterocycles. The number of methoxy groups -OCH3 is 2. The quantitative estimate of drug-likeness (QED) is 0.0240. The number of aliphatic hydroxyl groups excluding tert-OH is 1. The van der Waals surface area contributed by atoms with E-state index < -0.39 is 6.09 Å². The average Bonchev–Trinajstić information content (AvgIpc) is 3.73. The smallest absolute Gasteiger partial charge is 0.411 e. The van der Waals surface area contributed by atoms with E-state index in [-0.39, 0.29) is 76.3 Å². The molecule has 5 aromatic rings. The number of hydrogen-bond donors (Lipinski definition) is 4. The third kappa shape index (κ3) is 38.7. The zero-order chi connectivity index (χ0) is 66.7. The van der Waals surface area contributed by atoms with Gasteiger partial charge in [-0.15, -0.1) is 0 Å². The fourth-order valence-corrected chi connectivity index (χ4v) is 6.85. The van der Waals surface area contributed by atoms with E-state index in [0.717, 1.165) is 73.2 Å². The van der Waals surface area contributed by atoms with Crippen LogP contribution in [0.25, 0.3) is 18.2 Å². The van der Waals surface area contributed by atoms with Crippen molar-refractivity contribution < 1.29 is 81.4 Å². The van der Waals surface area contributed by atoms with Crippen molar-refractivity contribution in [2.75, 3.05) is 64.9 Å². The molecule has 88 heavy (non-hydrogen) atoms. The topological polar surface area (TPSA) is 281 Å². The lowest BCUT2D eigenvalue weighted by molar-refractivity contribution is -0.145. The number of aldehydes is 1. The number of ether oxygens (including phenoxy) is 8. The Hall–Kier alpha value is -9.24. The van der Waals surface area contributed by atoms with E-state index >= 15 is 0 Å². The Balaban J connectivity index is 0. The van der Waals surface area contributed by atoms with Crippen molar-refractivity contribution in [1.29, 1.82) is 0 Å². The monoisotopic (exact) mass is 1220 g/mol. The fraction of sp³-hybridized carbons (Fsp3) is 0.353. The summed E-state index contributed by atoms with van der Waals surface area (Å²) in [6.45, 7) is 21.2. The van der Waals surface area contributed by atoms with Crippen LogP contribution in [-0.2, 0) is 93.1 Å². The van der Waals surface area contributed by atoms with Crippen molar-refractivity contribution in [3.63, 3.8) is 0 Å². The molecule has 0 atom stereocenters. The molecule has 0 radical (unpaired) electrons. The number of nitrogens with two attached hydrogens (primary N) is 1. The van der Waals surface area contributed by atoms with Crippen LogP contribution < -0.4 is 21.1 Å². The van der Waals surface area contributed by atoms with Gasteiger partial charge < -0.3 is 63.6 Å². The Morgan fingerprint density at radius 1 is 0.568 bits per heavy atom. The second kappa shape index (κ2) is 51.0. The highest BCUT2D eigenvalue weighted by atomic mass is 16.6. The van der Waals surface area contributed by atoms with Gasteiger partial charge in [0.15, 0.2) is 0 Å². The summed E-state index contributed by atoms with van der Waals surface area (Å²) in [5.41, 5.74) is 16.6. The molecule has 480 valence electrons. The summed E-state index contributed by atoms with van der Waals surface area (Å²) in [6, 6.07) is 34.3. The van der Waals surface area contributed by atoms with Gasteiger partial charge in [-0.1, -0.05) is 112 Å². The number of rotatable bonds is 25. The second-order valence-electron chi connectivity index (χ2n) is 18.2. The van der Waals surface area contributed by atoms with E-state index in [4.69, 9.17) is 57.4 Å². The number of aryl methyl sites for hydroxylation is 1. The molecule has 0 unspecified atom stereocenters. The molecule has 20 nitrogen and oxygen atoms in total. The number of benzene rings is 5. The maximum Gasteiger partial charge on any atom is 0.411 e. The molecule has 0 aliphatic heterocycles. The number of anilines is 2. The van der Waals surface area contributed by atoms with Gasteiger partial charge in [-0.3, -0.25) is 29.3 Å². The average molecular weight is 1220 g/mol. The lowest BCUT2D eigenvalue weighted by atomic mass is 9.99. The van der Waals surface area contributed by atoms with Crippen LogP contribution in [-0.4, -0.2) is 109 Å². The Morgan fingerprint density at radius 3 is 1.40 bits per heavy atom. The number of esters is 4. The number of carbonyl (C=O) groups is 8. The zero-order valence-electron chi connectivity index (χ0n) is 53.3. The first-order chi connectivity index (χ1) is 42.3. The minimum absolute atomic E-state index is 0.0320. The van der Waals surface area contributed by atoms with Crippen molar-refractivity contribution in [3.8, 4) is 5.75 Å². The molecule has 5 rings (SSSR count). The highest BCUT2D eigenvalue weighted by molar-refractivity contribution is 5.84. The van der Waals surface area contributed by atoms with Gasteiger partial charge in [-0.05, 0) is 137 Å². The fourth-order valence-electron chi connectivity index (χ4n) is 6.85. The molecule has 0 saturated heterocycles. The summed E-state index contributed by atoms with van der Waals surface area (Å²) in [6.07, 6.45) is 6.76. The Morgan fingerprint density at radius 2 is 0.977 bits per heavy atom. The van der Waals surface area contributed by atoms with Crippen molar-refractivity contribution in [2.45, 2.75) is 109 Å². The maximum atomic E-state index is 12.8. The normalized spacial score (nSPS) is 10.3. The summed E-state index contributed by atoms with van der Waals surface area (Å²) in [5, 5.41) is 14.5. The van der Waals surface area contributed by atoms with Crippen LogP contribution in [0.5, 0.6) is 5.75 Å². The first kappa shape index (κ1) is 80.8. The van der Waals surface area contributed by atoms with Crippen LogP contribution in [0.15, 0.2) is 126 Å². The summed E-state index contributed by atoms with van der Waals surface area (Å²) >= 11 is 0. The SMILES string of the molecule is C/C(=C/c1ccc(C)cc1)CO.C=O.CC.CC=O.CCC(=O)OCc1cc(COC(=O)Nc2ccc(/C=C(/COC)COC(C)=O)cc2)c(C)c(COc2ccc(/C=C(/COC)COC(C)=O)cc2)c1.CCC(=O)OCc1ccc(NC)cc1.NC=O. The molecule has 0 aliphatic rings. The molecule has 5 aromatic carbocycles. The lowest BCUT2D eigenvalue weighted by Gasteiger charge is -2.16. The second-order valence-corrected chi connectivity index (χ2v) is 18.2. The predicted molar refractivity (Wildman–Crippen MR) is 344 cm³/mol. The molecule has 0 spiro atoms. The van der Waals surface area contributed by atoms with Crippen LogP contribution in [0.1, 0.15) is 118 Å². The van der Waals surface area contributed by atoms with E-state index in [9.17, 15) is 24.0 Å².